The molecule has 0 spiro atoms. The highest BCUT2D eigenvalue weighted by atomic mass is 16.5. The molecular formula is C19H23N3O3. The van der Waals surface area contributed by atoms with Gasteiger partial charge < -0.3 is 14.2 Å². The van der Waals surface area contributed by atoms with Crippen molar-refractivity contribution in [2.75, 3.05) is 18.6 Å². The molecule has 0 N–H and O–H groups in total. The van der Waals surface area contributed by atoms with E-state index >= 15 is 0 Å². The van der Waals surface area contributed by atoms with E-state index in [-0.39, 0.29) is 11.8 Å². The number of nitrogens with zero attached hydrogens (tertiary/aromatic N) is 3. The van der Waals surface area contributed by atoms with Crippen LogP contribution in [0, 0.1) is 0 Å². The highest BCUT2D eigenvalue weighted by molar-refractivity contribution is 5.96. The van der Waals surface area contributed by atoms with E-state index in [9.17, 15) is 4.79 Å². The Balaban J connectivity index is 1.47. The zero-order valence-corrected chi connectivity index (χ0v) is 14.5. The molecule has 2 heterocycles. The number of ether oxygens (including phenoxy) is 1. The molecule has 132 valence electrons. The van der Waals surface area contributed by atoms with Crippen molar-refractivity contribution in [1.82, 2.24) is 10.1 Å². The lowest BCUT2D eigenvalue weighted by Gasteiger charge is -2.17. The number of hydrogen-bond acceptors (Lipinski definition) is 5. The second-order valence-electron chi connectivity index (χ2n) is 6.93. The topological polar surface area (TPSA) is 68.5 Å². The number of aromatic nitrogens is 2. The van der Waals surface area contributed by atoms with Crippen molar-refractivity contribution < 1.29 is 14.1 Å². The molecule has 1 aromatic heterocycles. The van der Waals surface area contributed by atoms with Crippen molar-refractivity contribution in [3.8, 4) is 5.75 Å². The summed E-state index contributed by atoms with van der Waals surface area (Å²) in [5.74, 6) is 2.69. The quantitative estimate of drug-likeness (QED) is 0.849. The standard InChI is InChI=1S/C19H23N3O3/c1-24-16-9-7-15(8-10-16)22-12-14(11-17(22)23)18-20-19(25-21-18)13-5-3-2-4-6-13/h7-10,13-14H,2-6,11-12H2,1H3. The number of carbonyl (C=O) groups is 1. The molecule has 1 atom stereocenters. The number of anilines is 1. The van der Waals surface area contributed by atoms with Gasteiger partial charge in [0.2, 0.25) is 11.8 Å². The van der Waals surface area contributed by atoms with E-state index in [1.54, 1.807) is 12.0 Å². The van der Waals surface area contributed by atoms with Gasteiger partial charge in [0.25, 0.3) is 0 Å². The fraction of sp³-hybridized carbons (Fsp3) is 0.526. The van der Waals surface area contributed by atoms with Gasteiger partial charge in [0.05, 0.1) is 7.11 Å². The monoisotopic (exact) mass is 341 g/mol. The molecule has 6 nitrogen and oxygen atoms in total. The van der Waals surface area contributed by atoms with Gasteiger partial charge in [-0.25, -0.2) is 0 Å². The van der Waals surface area contributed by atoms with Crippen LogP contribution in [0.5, 0.6) is 5.75 Å². The first-order chi connectivity index (χ1) is 12.2. The highest BCUT2D eigenvalue weighted by Crippen LogP contribution is 2.35. The number of benzene rings is 1. The van der Waals surface area contributed by atoms with Gasteiger partial charge in [0.15, 0.2) is 5.82 Å². The third-order valence-corrected chi connectivity index (χ3v) is 5.29. The zero-order chi connectivity index (χ0) is 17.2. The molecule has 2 aromatic rings. The van der Waals surface area contributed by atoms with Crippen molar-refractivity contribution >= 4 is 11.6 Å². The maximum atomic E-state index is 12.4. The molecule has 4 rings (SSSR count). The number of amides is 1. The van der Waals surface area contributed by atoms with Crippen molar-refractivity contribution in [3.63, 3.8) is 0 Å². The molecule has 1 saturated heterocycles. The van der Waals surface area contributed by atoms with Crippen LogP contribution < -0.4 is 9.64 Å². The third kappa shape index (κ3) is 3.25. The summed E-state index contributed by atoms with van der Waals surface area (Å²) in [5.41, 5.74) is 0.879. The lowest BCUT2D eigenvalue weighted by Crippen LogP contribution is -2.24. The summed E-state index contributed by atoms with van der Waals surface area (Å²) in [6.45, 7) is 0.592. The number of methoxy groups -OCH3 is 1. The van der Waals surface area contributed by atoms with Crippen LogP contribution in [0.1, 0.15) is 62.1 Å². The molecule has 2 aliphatic rings. The van der Waals surface area contributed by atoms with E-state index < -0.39 is 0 Å². The van der Waals surface area contributed by atoms with Crippen molar-refractivity contribution in [2.24, 2.45) is 0 Å². The Labute approximate surface area is 147 Å². The smallest absolute Gasteiger partial charge is 0.229 e. The first-order valence-electron chi connectivity index (χ1n) is 9.02. The van der Waals surface area contributed by atoms with Gasteiger partial charge in [-0.05, 0) is 37.1 Å². The average Bonchev–Trinajstić information content (AvgIpc) is 3.29. The van der Waals surface area contributed by atoms with Gasteiger partial charge in [0.1, 0.15) is 5.75 Å². The summed E-state index contributed by atoms with van der Waals surface area (Å²) < 4.78 is 10.7. The van der Waals surface area contributed by atoms with Crippen LogP contribution in [0.2, 0.25) is 0 Å². The second kappa shape index (κ2) is 6.86. The van der Waals surface area contributed by atoms with Crippen LogP contribution in [0.15, 0.2) is 28.8 Å². The van der Waals surface area contributed by atoms with Crippen molar-refractivity contribution in [2.45, 2.75) is 50.4 Å². The van der Waals surface area contributed by atoms with Gasteiger partial charge in [-0.3, -0.25) is 4.79 Å². The van der Waals surface area contributed by atoms with Gasteiger partial charge in [-0.15, -0.1) is 0 Å². The average molecular weight is 341 g/mol. The van der Waals surface area contributed by atoms with Crippen LogP contribution in [0.25, 0.3) is 0 Å². The molecule has 0 bridgehead atoms. The van der Waals surface area contributed by atoms with Crippen LogP contribution in [0.4, 0.5) is 5.69 Å². The Morgan fingerprint density at radius 3 is 2.60 bits per heavy atom. The summed E-state index contributed by atoms with van der Waals surface area (Å²) in [4.78, 5) is 18.9. The summed E-state index contributed by atoms with van der Waals surface area (Å²) in [6.07, 6.45) is 6.44. The van der Waals surface area contributed by atoms with E-state index in [1.807, 2.05) is 24.3 Å². The molecule has 0 radical (unpaired) electrons. The maximum absolute atomic E-state index is 12.4. The fourth-order valence-corrected chi connectivity index (χ4v) is 3.82. The second-order valence-corrected chi connectivity index (χ2v) is 6.93. The molecule has 1 aliphatic heterocycles. The molecule has 1 amide bonds. The summed E-state index contributed by atoms with van der Waals surface area (Å²) in [5, 5.41) is 4.18. The SMILES string of the molecule is COc1ccc(N2CC(c3noc(C4CCCCC4)n3)CC2=O)cc1. The first-order valence-corrected chi connectivity index (χ1v) is 9.02. The van der Waals surface area contributed by atoms with Crippen LogP contribution in [0.3, 0.4) is 0 Å². The Morgan fingerprint density at radius 1 is 1.12 bits per heavy atom. The predicted molar refractivity (Wildman–Crippen MR) is 92.8 cm³/mol. The molecule has 1 aliphatic carbocycles. The molecule has 1 aromatic carbocycles. The fourth-order valence-electron chi connectivity index (χ4n) is 3.82. The van der Waals surface area contributed by atoms with E-state index in [0.29, 0.717) is 24.7 Å². The molecule has 25 heavy (non-hydrogen) atoms. The van der Waals surface area contributed by atoms with E-state index in [2.05, 4.69) is 10.1 Å². The van der Waals surface area contributed by atoms with Crippen LogP contribution in [-0.4, -0.2) is 29.7 Å². The van der Waals surface area contributed by atoms with Crippen LogP contribution >= 0.6 is 0 Å². The molecular weight excluding hydrogens is 318 g/mol. The van der Waals surface area contributed by atoms with Gasteiger partial charge in [-0.1, -0.05) is 24.4 Å². The van der Waals surface area contributed by atoms with Crippen molar-refractivity contribution in [3.05, 3.63) is 36.0 Å². The summed E-state index contributed by atoms with van der Waals surface area (Å²) in [7, 11) is 1.63. The normalized spacial score (nSPS) is 21.7. The number of hydrogen-bond donors (Lipinski definition) is 0. The molecule has 2 fully saturated rings. The van der Waals surface area contributed by atoms with Crippen molar-refractivity contribution in [1.29, 1.82) is 0 Å². The third-order valence-electron chi connectivity index (χ3n) is 5.29. The van der Waals surface area contributed by atoms with Gasteiger partial charge in [0, 0.05) is 30.5 Å². The van der Waals surface area contributed by atoms with E-state index in [1.165, 1.54) is 19.3 Å². The highest BCUT2D eigenvalue weighted by Gasteiger charge is 2.35. The first kappa shape index (κ1) is 16.1. The minimum Gasteiger partial charge on any atom is -0.497 e. The Morgan fingerprint density at radius 2 is 1.88 bits per heavy atom. The largest absolute Gasteiger partial charge is 0.497 e. The lowest BCUT2D eigenvalue weighted by molar-refractivity contribution is -0.117. The minimum atomic E-state index is -0.00399. The van der Waals surface area contributed by atoms with Gasteiger partial charge >= 0.3 is 0 Å². The van der Waals surface area contributed by atoms with E-state index in [4.69, 9.17) is 9.26 Å². The Kier molecular flexibility index (Phi) is 4.42. The Bertz CT molecular complexity index is 735. The van der Waals surface area contributed by atoms with E-state index in [0.717, 1.165) is 30.2 Å². The number of rotatable bonds is 4. The zero-order valence-electron chi connectivity index (χ0n) is 14.5. The predicted octanol–water partition coefficient (Wildman–Crippen LogP) is 3.65. The van der Waals surface area contributed by atoms with Crippen LogP contribution in [-0.2, 0) is 4.79 Å². The maximum Gasteiger partial charge on any atom is 0.229 e. The minimum absolute atomic E-state index is 0.00399. The summed E-state index contributed by atoms with van der Waals surface area (Å²) >= 11 is 0. The molecule has 1 saturated carbocycles. The molecule has 6 heteroatoms. The molecule has 1 unspecified atom stereocenters. The van der Waals surface area contributed by atoms with Gasteiger partial charge in [-0.2, -0.15) is 4.98 Å². The Hall–Kier alpha value is -2.37. The summed E-state index contributed by atoms with van der Waals surface area (Å²) in [6, 6.07) is 7.54. The number of carbonyl (C=O) groups excluding carboxylic acids is 1. The lowest BCUT2D eigenvalue weighted by atomic mass is 9.89.